The summed E-state index contributed by atoms with van der Waals surface area (Å²) in [5.74, 6) is 0.266. The molecule has 0 aliphatic carbocycles. The van der Waals surface area contributed by atoms with Crippen LogP contribution in [0.1, 0.15) is 33.6 Å². The highest BCUT2D eigenvalue weighted by molar-refractivity contribution is 5.78. The number of carbonyl (C=O) groups is 1. The zero-order valence-electron chi connectivity index (χ0n) is 18.1. The summed E-state index contributed by atoms with van der Waals surface area (Å²) in [4.78, 5) is 32.0. The molecular weight excluding hydrogens is 384 g/mol. The first-order valence-corrected chi connectivity index (χ1v) is 10.5. The first kappa shape index (κ1) is 22.2. The van der Waals surface area contributed by atoms with Crippen LogP contribution in [0.4, 0.5) is 5.82 Å². The van der Waals surface area contributed by atoms with Crippen LogP contribution in [-0.2, 0) is 16.1 Å². The van der Waals surface area contributed by atoms with E-state index in [1.165, 1.54) is 0 Å². The van der Waals surface area contributed by atoms with Gasteiger partial charge in [-0.15, -0.1) is 0 Å². The molecule has 164 valence electrons. The standard InChI is InChI=1S/C22H32N4O4/c1-22(2,3)18(27)8-10-23-19(28)9-11-26-17-7-5-4-6-16(17)24-20(21(26)29)25-12-14-30-15-13-25/h4-7,18,27H,8-15H2,1-3H3,(H,23,28). The third-order valence-corrected chi connectivity index (χ3v) is 5.45. The maximum absolute atomic E-state index is 13.2. The fourth-order valence-electron chi connectivity index (χ4n) is 3.47. The summed E-state index contributed by atoms with van der Waals surface area (Å²) in [6.07, 6.45) is 0.192. The zero-order valence-corrected chi connectivity index (χ0v) is 18.1. The third kappa shape index (κ3) is 5.37. The molecule has 1 aromatic heterocycles. The first-order valence-electron chi connectivity index (χ1n) is 10.5. The molecule has 3 rings (SSSR count). The average Bonchev–Trinajstić information content (AvgIpc) is 2.72. The Kier molecular flexibility index (Phi) is 7.10. The lowest BCUT2D eigenvalue weighted by molar-refractivity contribution is -0.121. The van der Waals surface area contributed by atoms with Crippen LogP contribution in [0.15, 0.2) is 29.1 Å². The molecule has 1 fully saturated rings. The van der Waals surface area contributed by atoms with Crippen molar-refractivity contribution in [3.8, 4) is 0 Å². The maximum atomic E-state index is 13.2. The van der Waals surface area contributed by atoms with Gasteiger partial charge >= 0.3 is 0 Å². The van der Waals surface area contributed by atoms with Crippen LogP contribution in [0.25, 0.3) is 11.0 Å². The van der Waals surface area contributed by atoms with Crippen molar-refractivity contribution in [3.63, 3.8) is 0 Å². The number of hydrogen-bond donors (Lipinski definition) is 2. The predicted octanol–water partition coefficient (Wildman–Crippen LogP) is 1.54. The summed E-state index contributed by atoms with van der Waals surface area (Å²) in [6, 6.07) is 7.48. The fourth-order valence-corrected chi connectivity index (χ4v) is 3.47. The molecule has 30 heavy (non-hydrogen) atoms. The number of aromatic nitrogens is 2. The van der Waals surface area contributed by atoms with Gasteiger partial charge in [-0.3, -0.25) is 9.59 Å². The monoisotopic (exact) mass is 416 g/mol. The number of aryl methyl sites for hydroxylation is 1. The highest BCUT2D eigenvalue weighted by Crippen LogP contribution is 2.21. The smallest absolute Gasteiger partial charge is 0.294 e. The molecule has 0 radical (unpaired) electrons. The number of ether oxygens (including phenoxy) is 1. The molecule has 1 aliphatic rings. The molecule has 2 heterocycles. The van der Waals surface area contributed by atoms with Gasteiger partial charge < -0.3 is 24.6 Å². The number of anilines is 1. The molecule has 1 unspecified atom stereocenters. The zero-order chi connectivity index (χ0) is 21.7. The molecule has 1 amide bonds. The molecule has 1 saturated heterocycles. The molecular formula is C22H32N4O4. The number of para-hydroxylation sites is 2. The lowest BCUT2D eigenvalue weighted by Gasteiger charge is -2.28. The van der Waals surface area contributed by atoms with Crippen LogP contribution in [0.5, 0.6) is 0 Å². The van der Waals surface area contributed by atoms with Crippen LogP contribution in [0.2, 0.25) is 0 Å². The molecule has 8 nitrogen and oxygen atoms in total. The molecule has 0 spiro atoms. The minimum absolute atomic E-state index is 0.142. The number of benzene rings is 1. The second kappa shape index (κ2) is 9.57. The van der Waals surface area contributed by atoms with E-state index in [0.717, 1.165) is 11.0 Å². The van der Waals surface area contributed by atoms with Gasteiger partial charge in [0.05, 0.1) is 30.4 Å². The van der Waals surface area contributed by atoms with Gasteiger partial charge in [0.2, 0.25) is 5.91 Å². The maximum Gasteiger partial charge on any atom is 0.294 e. The lowest BCUT2D eigenvalue weighted by Crippen LogP contribution is -2.41. The van der Waals surface area contributed by atoms with Crippen LogP contribution < -0.4 is 15.8 Å². The van der Waals surface area contributed by atoms with Gasteiger partial charge in [0.25, 0.3) is 5.56 Å². The number of hydrogen-bond acceptors (Lipinski definition) is 6. The molecule has 1 aromatic carbocycles. The van der Waals surface area contributed by atoms with E-state index in [2.05, 4.69) is 10.3 Å². The van der Waals surface area contributed by atoms with Crippen LogP contribution in [0.3, 0.4) is 0 Å². The van der Waals surface area contributed by atoms with E-state index in [0.29, 0.717) is 45.1 Å². The Labute approximate surface area is 176 Å². The minimum atomic E-state index is -0.486. The quantitative estimate of drug-likeness (QED) is 0.711. The number of fused-ring (bicyclic) bond motifs is 1. The van der Waals surface area contributed by atoms with Crippen molar-refractivity contribution < 1.29 is 14.6 Å². The number of carbonyl (C=O) groups excluding carboxylic acids is 1. The first-order chi connectivity index (χ1) is 14.3. The van der Waals surface area contributed by atoms with Gasteiger partial charge in [0.15, 0.2) is 5.82 Å². The third-order valence-electron chi connectivity index (χ3n) is 5.45. The van der Waals surface area contributed by atoms with Gasteiger partial charge in [0, 0.05) is 32.6 Å². The Morgan fingerprint density at radius 3 is 2.67 bits per heavy atom. The Bertz CT molecular complexity index is 929. The lowest BCUT2D eigenvalue weighted by atomic mass is 9.87. The summed E-state index contributed by atoms with van der Waals surface area (Å²) >= 11 is 0. The van der Waals surface area contributed by atoms with Crippen molar-refractivity contribution in [2.45, 2.75) is 46.3 Å². The number of rotatable bonds is 7. The van der Waals surface area contributed by atoms with Crippen LogP contribution in [-0.4, -0.2) is 59.5 Å². The van der Waals surface area contributed by atoms with Crippen LogP contribution in [0, 0.1) is 5.41 Å². The fraction of sp³-hybridized carbons (Fsp3) is 0.591. The number of morpholine rings is 1. The van der Waals surface area contributed by atoms with E-state index < -0.39 is 6.10 Å². The van der Waals surface area contributed by atoms with Crippen molar-refractivity contribution in [1.29, 1.82) is 0 Å². The molecule has 1 aliphatic heterocycles. The molecule has 8 heteroatoms. The van der Waals surface area contributed by atoms with Gasteiger partial charge in [-0.1, -0.05) is 32.9 Å². The van der Waals surface area contributed by atoms with E-state index in [1.807, 2.05) is 49.9 Å². The SMILES string of the molecule is CC(C)(C)C(O)CCNC(=O)CCn1c(=O)c(N2CCOCC2)nc2ccccc21. The van der Waals surface area contributed by atoms with Gasteiger partial charge in [-0.05, 0) is 24.0 Å². The van der Waals surface area contributed by atoms with E-state index in [1.54, 1.807) is 4.57 Å². The number of amides is 1. The summed E-state index contributed by atoms with van der Waals surface area (Å²) < 4.78 is 7.02. The van der Waals surface area contributed by atoms with E-state index in [4.69, 9.17) is 4.74 Å². The van der Waals surface area contributed by atoms with Crippen molar-refractivity contribution in [2.24, 2.45) is 5.41 Å². The average molecular weight is 417 g/mol. The molecule has 0 bridgehead atoms. The van der Waals surface area contributed by atoms with E-state index in [-0.39, 0.29) is 29.8 Å². The summed E-state index contributed by atoms with van der Waals surface area (Å²) in [7, 11) is 0. The molecule has 2 aromatic rings. The number of nitrogens with one attached hydrogen (secondary N) is 1. The van der Waals surface area contributed by atoms with Gasteiger partial charge in [-0.2, -0.15) is 0 Å². The normalized spacial score (nSPS) is 15.9. The van der Waals surface area contributed by atoms with Crippen molar-refractivity contribution in [3.05, 3.63) is 34.6 Å². The second-order valence-corrected chi connectivity index (χ2v) is 8.75. The van der Waals surface area contributed by atoms with E-state index in [9.17, 15) is 14.7 Å². The number of nitrogens with zero attached hydrogens (tertiary/aromatic N) is 3. The topological polar surface area (TPSA) is 96.7 Å². The van der Waals surface area contributed by atoms with Crippen molar-refractivity contribution in [2.75, 3.05) is 37.7 Å². The van der Waals surface area contributed by atoms with Crippen molar-refractivity contribution >= 4 is 22.8 Å². The molecule has 2 N–H and O–H groups in total. The van der Waals surface area contributed by atoms with E-state index >= 15 is 0 Å². The Hall–Kier alpha value is -2.45. The van der Waals surface area contributed by atoms with Crippen LogP contribution >= 0.6 is 0 Å². The highest BCUT2D eigenvalue weighted by atomic mass is 16.5. The molecule has 0 saturated carbocycles. The Morgan fingerprint density at radius 2 is 1.97 bits per heavy atom. The number of aliphatic hydroxyl groups is 1. The summed E-state index contributed by atoms with van der Waals surface area (Å²) in [5, 5.41) is 12.9. The summed E-state index contributed by atoms with van der Waals surface area (Å²) in [5.41, 5.74) is 1.04. The number of aliphatic hydroxyl groups excluding tert-OH is 1. The van der Waals surface area contributed by atoms with Crippen molar-refractivity contribution in [1.82, 2.24) is 14.9 Å². The second-order valence-electron chi connectivity index (χ2n) is 8.75. The largest absolute Gasteiger partial charge is 0.393 e. The minimum Gasteiger partial charge on any atom is -0.393 e. The highest BCUT2D eigenvalue weighted by Gasteiger charge is 2.22. The van der Waals surface area contributed by atoms with Gasteiger partial charge in [0.1, 0.15) is 0 Å². The Morgan fingerprint density at radius 1 is 1.27 bits per heavy atom. The Balaban J connectivity index is 1.71. The summed E-state index contributed by atoms with van der Waals surface area (Å²) in [6.45, 7) is 8.95. The molecule has 1 atom stereocenters. The van der Waals surface area contributed by atoms with Gasteiger partial charge in [-0.25, -0.2) is 4.98 Å². The predicted molar refractivity (Wildman–Crippen MR) is 117 cm³/mol.